The van der Waals surface area contributed by atoms with Crippen LogP contribution in [0.2, 0.25) is 5.02 Å². The van der Waals surface area contributed by atoms with Gasteiger partial charge in [0.25, 0.3) is 0 Å². The van der Waals surface area contributed by atoms with E-state index in [9.17, 15) is 9.59 Å². The maximum atomic E-state index is 12.8. The molecule has 0 radical (unpaired) electrons. The van der Waals surface area contributed by atoms with Crippen molar-refractivity contribution >= 4 is 23.3 Å². The van der Waals surface area contributed by atoms with Crippen molar-refractivity contribution in [3.8, 4) is 5.75 Å². The molecule has 21 heavy (non-hydrogen) atoms. The molecule has 3 rings (SSSR count). The number of carbonyl (C=O) groups excluding carboxylic acids is 2. The van der Waals surface area contributed by atoms with Gasteiger partial charge in [-0.1, -0.05) is 11.6 Å². The summed E-state index contributed by atoms with van der Waals surface area (Å²) in [4.78, 5) is 25.2. The van der Waals surface area contributed by atoms with E-state index in [-0.39, 0.29) is 17.6 Å². The Morgan fingerprint density at radius 3 is 2.57 bits per heavy atom. The number of ketones is 1. The van der Waals surface area contributed by atoms with Gasteiger partial charge in [0.15, 0.2) is 5.78 Å². The Morgan fingerprint density at radius 1 is 1.33 bits per heavy atom. The zero-order valence-corrected chi connectivity index (χ0v) is 13.1. The molecule has 1 heterocycles. The molecule has 1 N–H and O–H groups in total. The second kappa shape index (κ2) is 4.73. The predicted molar refractivity (Wildman–Crippen MR) is 79.8 cm³/mol. The van der Waals surface area contributed by atoms with Crippen LogP contribution in [0.25, 0.3) is 0 Å². The minimum atomic E-state index is -0.876. The normalized spacial score (nSPS) is 28.7. The quantitative estimate of drug-likeness (QED) is 0.873. The first kappa shape index (κ1) is 14.4. The molecule has 5 heteroatoms. The Labute approximate surface area is 128 Å². The van der Waals surface area contributed by atoms with Gasteiger partial charge in [0.2, 0.25) is 5.91 Å². The third kappa shape index (κ3) is 2.13. The van der Waals surface area contributed by atoms with Gasteiger partial charge in [0.05, 0.1) is 12.6 Å². The average Bonchev–Trinajstić information content (AvgIpc) is 3.22. The van der Waals surface area contributed by atoms with Crippen LogP contribution in [0.3, 0.4) is 0 Å². The van der Waals surface area contributed by atoms with E-state index < -0.39 is 11.5 Å². The number of ether oxygens (including phenoxy) is 1. The molecule has 2 fully saturated rings. The van der Waals surface area contributed by atoms with E-state index in [2.05, 4.69) is 5.32 Å². The Morgan fingerprint density at radius 2 is 2.00 bits per heavy atom. The van der Waals surface area contributed by atoms with Crippen LogP contribution in [0, 0.1) is 12.8 Å². The summed E-state index contributed by atoms with van der Waals surface area (Å²) in [6.07, 6.45) is 1.96. The number of hydrogen-bond donors (Lipinski definition) is 1. The molecule has 1 saturated carbocycles. The van der Waals surface area contributed by atoms with Crippen LogP contribution < -0.4 is 10.1 Å². The van der Waals surface area contributed by atoms with Gasteiger partial charge >= 0.3 is 0 Å². The Bertz CT molecular complexity index is 639. The van der Waals surface area contributed by atoms with Crippen molar-refractivity contribution in [1.29, 1.82) is 0 Å². The molecule has 112 valence electrons. The molecule has 4 nitrogen and oxygen atoms in total. The number of carbonyl (C=O) groups is 2. The summed E-state index contributed by atoms with van der Waals surface area (Å²) in [5.41, 5.74) is 0.647. The summed E-state index contributed by atoms with van der Waals surface area (Å²) >= 11 is 6.30. The van der Waals surface area contributed by atoms with Crippen LogP contribution in [0.4, 0.5) is 0 Å². The standard InChI is InChI=1S/C16H18ClNO3/c1-8-6-10(17)12(11(7-8)21-3)13-14(19)16(2,9-4-5-9)18-15(13)20/h6-7,9,13H,4-5H2,1-3H3,(H,18,20). The van der Waals surface area contributed by atoms with Gasteiger partial charge < -0.3 is 10.1 Å². The molecule has 0 spiro atoms. The molecule has 2 unspecified atom stereocenters. The number of rotatable bonds is 3. The minimum Gasteiger partial charge on any atom is -0.496 e. The Kier molecular flexibility index (Phi) is 3.24. The largest absolute Gasteiger partial charge is 0.496 e. The summed E-state index contributed by atoms with van der Waals surface area (Å²) in [7, 11) is 1.52. The predicted octanol–water partition coefficient (Wildman–Crippen LogP) is 2.61. The van der Waals surface area contributed by atoms with Crippen molar-refractivity contribution in [1.82, 2.24) is 5.32 Å². The maximum Gasteiger partial charge on any atom is 0.236 e. The SMILES string of the molecule is COc1cc(C)cc(Cl)c1C1C(=O)NC(C)(C2CC2)C1=O. The zero-order valence-electron chi connectivity index (χ0n) is 12.3. The van der Waals surface area contributed by atoms with E-state index in [1.54, 1.807) is 12.1 Å². The summed E-state index contributed by atoms with van der Waals surface area (Å²) in [5, 5.41) is 3.28. The minimum absolute atomic E-state index is 0.0981. The Balaban J connectivity index is 2.08. The fourth-order valence-electron chi connectivity index (χ4n) is 3.21. The first-order chi connectivity index (χ1) is 9.88. The first-order valence-electron chi connectivity index (χ1n) is 7.09. The van der Waals surface area contributed by atoms with Gasteiger partial charge in [-0.25, -0.2) is 0 Å². The van der Waals surface area contributed by atoms with Gasteiger partial charge in [-0.3, -0.25) is 9.59 Å². The van der Waals surface area contributed by atoms with Crippen LogP contribution in [0.5, 0.6) is 5.75 Å². The van der Waals surface area contributed by atoms with Crippen molar-refractivity contribution < 1.29 is 14.3 Å². The van der Waals surface area contributed by atoms with Gasteiger partial charge in [-0.15, -0.1) is 0 Å². The van der Waals surface area contributed by atoms with Crippen molar-refractivity contribution in [2.24, 2.45) is 5.92 Å². The molecule has 0 bridgehead atoms. The van der Waals surface area contributed by atoms with Gasteiger partial charge in [0, 0.05) is 10.6 Å². The molecular formula is C16H18ClNO3. The molecule has 2 aliphatic rings. The molecule has 1 amide bonds. The monoisotopic (exact) mass is 307 g/mol. The lowest BCUT2D eigenvalue weighted by Crippen LogP contribution is -2.45. The number of aryl methyl sites for hydroxylation is 1. The number of amides is 1. The molecule has 1 aliphatic carbocycles. The lowest BCUT2D eigenvalue weighted by atomic mass is 9.84. The lowest BCUT2D eigenvalue weighted by Gasteiger charge is -2.22. The fourth-order valence-corrected chi connectivity index (χ4v) is 3.58. The van der Waals surface area contributed by atoms with E-state index in [1.165, 1.54) is 7.11 Å². The van der Waals surface area contributed by atoms with Gasteiger partial charge in [0.1, 0.15) is 11.7 Å². The molecule has 1 aliphatic heterocycles. The fraction of sp³-hybridized carbons (Fsp3) is 0.500. The highest BCUT2D eigenvalue weighted by Gasteiger charge is 2.57. The van der Waals surface area contributed by atoms with Crippen LogP contribution in [-0.2, 0) is 9.59 Å². The third-order valence-corrected chi connectivity index (χ3v) is 4.87. The highest BCUT2D eigenvalue weighted by atomic mass is 35.5. The lowest BCUT2D eigenvalue weighted by molar-refractivity contribution is -0.125. The number of nitrogens with one attached hydrogen (secondary N) is 1. The Hall–Kier alpha value is -1.55. The first-order valence-corrected chi connectivity index (χ1v) is 7.46. The maximum absolute atomic E-state index is 12.8. The van der Waals surface area contributed by atoms with Crippen LogP contribution >= 0.6 is 11.6 Å². The van der Waals surface area contributed by atoms with Crippen molar-refractivity contribution in [3.63, 3.8) is 0 Å². The highest BCUT2D eigenvalue weighted by molar-refractivity contribution is 6.33. The third-order valence-electron chi connectivity index (χ3n) is 4.56. The van der Waals surface area contributed by atoms with E-state index >= 15 is 0 Å². The number of benzene rings is 1. The zero-order chi connectivity index (χ0) is 15.4. The number of Topliss-reactive ketones (excluding diaryl/α,β-unsaturated/α-hetero) is 1. The second-order valence-corrected chi connectivity index (χ2v) is 6.53. The molecule has 2 atom stereocenters. The summed E-state index contributed by atoms with van der Waals surface area (Å²) < 4.78 is 5.34. The van der Waals surface area contributed by atoms with Crippen LogP contribution in [0.15, 0.2) is 12.1 Å². The smallest absolute Gasteiger partial charge is 0.236 e. The summed E-state index contributed by atoms with van der Waals surface area (Å²) in [6, 6.07) is 3.56. The van der Waals surface area contributed by atoms with Gasteiger partial charge in [-0.2, -0.15) is 0 Å². The highest BCUT2D eigenvalue weighted by Crippen LogP contribution is 2.47. The molecular weight excluding hydrogens is 290 g/mol. The van der Waals surface area contributed by atoms with Gasteiger partial charge in [-0.05, 0) is 50.3 Å². The topological polar surface area (TPSA) is 55.4 Å². The average molecular weight is 308 g/mol. The van der Waals surface area contributed by atoms with E-state index in [0.717, 1.165) is 18.4 Å². The molecule has 0 aromatic heterocycles. The summed E-state index contributed by atoms with van der Waals surface area (Å²) in [5.74, 6) is -0.515. The number of methoxy groups -OCH3 is 1. The molecule has 1 aromatic rings. The second-order valence-electron chi connectivity index (χ2n) is 6.13. The molecule has 1 aromatic carbocycles. The number of hydrogen-bond acceptors (Lipinski definition) is 3. The summed E-state index contributed by atoms with van der Waals surface area (Å²) in [6.45, 7) is 3.71. The van der Waals surface area contributed by atoms with Crippen molar-refractivity contribution in [3.05, 3.63) is 28.3 Å². The van der Waals surface area contributed by atoms with E-state index in [0.29, 0.717) is 16.3 Å². The molecule has 1 saturated heterocycles. The van der Waals surface area contributed by atoms with Crippen LogP contribution in [-0.4, -0.2) is 24.3 Å². The van der Waals surface area contributed by atoms with E-state index in [1.807, 2.05) is 13.8 Å². The number of halogens is 1. The van der Waals surface area contributed by atoms with Crippen molar-refractivity contribution in [2.45, 2.75) is 38.1 Å². The van der Waals surface area contributed by atoms with Crippen molar-refractivity contribution in [2.75, 3.05) is 7.11 Å². The van der Waals surface area contributed by atoms with E-state index in [4.69, 9.17) is 16.3 Å². The van der Waals surface area contributed by atoms with Crippen LogP contribution in [0.1, 0.15) is 36.8 Å².